The average Bonchev–Trinajstić information content (AvgIpc) is 2.53. The Morgan fingerprint density at radius 2 is 2.00 bits per heavy atom. The summed E-state index contributed by atoms with van der Waals surface area (Å²) in [6, 6.07) is 11.2. The molecule has 1 amide bonds. The quantitative estimate of drug-likeness (QED) is 0.828. The van der Waals surface area contributed by atoms with Gasteiger partial charge in [0.25, 0.3) is 5.91 Å². The second-order valence-corrected chi connectivity index (χ2v) is 5.16. The van der Waals surface area contributed by atoms with Crippen LogP contribution >= 0.6 is 11.6 Å². The molecule has 0 heterocycles. The number of amides is 1. The van der Waals surface area contributed by atoms with Gasteiger partial charge in [0.1, 0.15) is 11.6 Å². The van der Waals surface area contributed by atoms with Crippen LogP contribution in [-0.2, 0) is 6.54 Å². The number of ether oxygens (including phenoxy) is 1. The van der Waals surface area contributed by atoms with Crippen LogP contribution in [0, 0.1) is 5.82 Å². The van der Waals surface area contributed by atoms with Gasteiger partial charge >= 0.3 is 0 Å². The van der Waals surface area contributed by atoms with Gasteiger partial charge < -0.3 is 9.64 Å². The summed E-state index contributed by atoms with van der Waals surface area (Å²) in [4.78, 5) is 14.3. The topological polar surface area (TPSA) is 29.5 Å². The van der Waals surface area contributed by atoms with Crippen molar-refractivity contribution < 1.29 is 13.9 Å². The van der Waals surface area contributed by atoms with Gasteiger partial charge in [-0.1, -0.05) is 29.8 Å². The van der Waals surface area contributed by atoms with E-state index in [2.05, 4.69) is 0 Å². The van der Waals surface area contributed by atoms with E-state index >= 15 is 0 Å². The van der Waals surface area contributed by atoms with E-state index in [1.807, 2.05) is 25.1 Å². The van der Waals surface area contributed by atoms with Crippen molar-refractivity contribution in [2.75, 3.05) is 13.7 Å². The van der Waals surface area contributed by atoms with Crippen LogP contribution in [0.5, 0.6) is 5.75 Å². The molecule has 0 bridgehead atoms. The normalized spacial score (nSPS) is 10.4. The van der Waals surface area contributed by atoms with E-state index < -0.39 is 5.82 Å². The summed E-state index contributed by atoms with van der Waals surface area (Å²) in [5, 5.41) is 0.597. The number of carbonyl (C=O) groups excluding carboxylic acids is 1. The fourth-order valence-corrected chi connectivity index (χ4v) is 2.37. The van der Waals surface area contributed by atoms with Crippen LogP contribution in [0.4, 0.5) is 4.39 Å². The Bertz CT molecular complexity index is 675. The minimum absolute atomic E-state index is 0.205. The average molecular weight is 322 g/mol. The van der Waals surface area contributed by atoms with Gasteiger partial charge in [-0.25, -0.2) is 4.39 Å². The van der Waals surface area contributed by atoms with Crippen molar-refractivity contribution in [3.63, 3.8) is 0 Å². The lowest BCUT2D eigenvalue weighted by Gasteiger charge is -2.22. The summed E-state index contributed by atoms with van der Waals surface area (Å²) in [7, 11) is 1.45. The molecule has 2 aromatic rings. The standard InChI is InChI=1S/C17H17ClFNO2/c1-3-20(11-12-6-4-5-7-15(12)18)17(21)14-10-13(19)8-9-16(14)22-2/h4-10H,3,11H2,1-2H3. The molecule has 0 spiro atoms. The van der Waals surface area contributed by atoms with E-state index in [0.29, 0.717) is 23.9 Å². The van der Waals surface area contributed by atoms with Crippen molar-refractivity contribution in [1.82, 2.24) is 4.90 Å². The van der Waals surface area contributed by atoms with Gasteiger partial charge in [0.2, 0.25) is 0 Å². The number of nitrogens with zero attached hydrogens (tertiary/aromatic N) is 1. The van der Waals surface area contributed by atoms with Crippen molar-refractivity contribution in [2.45, 2.75) is 13.5 Å². The second-order valence-electron chi connectivity index (χ2n) is 4.76. The van der Waals surface area contributed by atoms with E-state index in [9.17, 15) is 9.18 Å². The molecule has 116 valence electrons. The van der Waals surface area contributed by atoms with E-state index in [-0.39, 0.29) is 11.5 Å². The molecular weight excluding hydrogens is 305 g/mol. The second kappa shape index (κ2) is 7.27. The van der Waals surface area contributed by atoms with Gasteiger partial charge in [-0.05, 0) is 36.8 Å². The molecule has 2 aromatic carbocycles. The minimum atomic E-state index is -0.474. The highest BCUT2D eigenvalue weighted by Crippen LogP contribution is 2.23. The first-order chi connectivity index (χ1) is 10.6. The van der Waals surface area contributed by atoms with Gasteiger partial charge in [0.05, 0.1) is 12.7 Å². The van der Waals surface area contributed by atoms with Crippen molar-refractivity contribution in [1.29, 1.82) is 0 Å². The monoisotopic (exact) mass is 321 g/mol. The Labute approximate surface area is 134 Å². The predicted octanol–water partition coefficient (Wildman–Crippen LogP) is 4.15. The van der Waals surface area contributed by atoms with Crippen LogP contribution in [0.3, 0.4) is 0 Å². The van der Waals surface area contributed by atoms with Gasteiger partial charge in [-0.2, -0.15) is 0 Å². The summed E-state index contributed by atoms with van der Waals surface area (Å²) in [6.07, 6.45) is 0. The number of rotatable bonds is 5. The molecule has 0 aliphatic carbocycles. The first-order valence-corrected chi connectivity index (χ1v) is 7.30. The molecule has 0 N–H and O–H groups in total. The van der Waals surface area contributed by atoms with Gasteiger partial charge in [-0.3, -0.25) is 4.79 Å². The molecule has 22 heavy (non-hydrogen) atoms. The number of benzene rings is 2. The summed E-state index contributed by atoms with van der Waals surface area (Å²) >= 11 is 6.14. The largest absolute Gasteiger partial charge is 0.496 e. The highest BCUT2D eigenvalue weighted by molar-refractivity contribution is 6.31. The zero-order chi connectivity index (χ0) is 16.1. The van der Waals surface area contributed by atoms with Crippen LogP contribution in [0.15, 0.2) is 42.5 Å². The van der Waals surface area contributed by atoms with Crippen molar-refractivity contribution in [2.24, 2.45) is 0 Å². The highest BCUT2D eigenvalue weighted by Gasteiger charge is 2.20. The maximum Gasteiger partial charge on any atom is 0.258 e. The fraction of sp³-hybridized carbons (Fsp3) is 0.235. The molecule has 0 saturated carbocycles. The Balaban J connectivity index is 2.30. The van der Waals surface area contributed by atoms with Gasteiger partial charge in [0, 0.05) is 18.1 Å². The molecule has 0 atom stereocenters. The smallest absolute Gasteiger partial charge is 0.258 e. The van der Waals surface area contributed by atoms with Crippen LogP contribution < -0.4 is 4.74 Å². The van der Waals surface area contributed by atoms with E-state index in [1.54, 1.807) is 11.0 Å². The van der Waals surface area contributed by atoms with Crippen LogP contribution in [-0.4, -0.2) is 24.5 Å². The zero-order valence-electron chi connectivity index (χ0n) is 12.5. The molecule has 0 unspecified atom stereocenters. The molecule has 0 fully saturated rings. The zero-order valence-corrected chi connectivity index (χ0v) is 13.2. The maximum atomic E-state index is 13.5. The number of carbonyl (C=O) groups is 1. The third kappa shape index (κ3) is 3.57. The summed E-state index contributed by atoms with van der Waals surface area (Å²) in [5.74, 6) is -0.416. The Kier molecular flexibility index (Phi) is 5.39. The van der Waals surface area contributed by atoms with Gasteiger partial charge in [-0.15, -0.1) is 0 Å². The molecule has 0 aliphatic rings. The lowest BCUT2D eigenvalue weighted by molar-refractivity contribution is 0.0748. The maximum absolute atomic E-state index is 13.5. The van der Waals surface area contributed by atoms with Crippen LogP contribution in [0.1, 0.15) is 22.8 Å². The third-order valence-electron chi connectivity index (χ3n) is 3.38. The van der Waals surface area contributed by atoms with E-state index in [0.717, 1.165) is 5.56 Å². The third-order valence-corrected chi connectivity index (χ3v) is 3.75. The Hall–Kier alpha value is -2.07. The predicted molar refractivity (Wildman–Crippen MR) is 84.8 cm³/mol. The Morgan fingerprint density at radius 3 is 2.64 bits per heavy atom. The van der Waals surface area contributed by atoms with Crippen molar-refractivity contribution >= 4 is 17.5 Å². The minimum Gasteiger partial charge on any atom is -0.496 e. The van der Waals surface area contributed by atoms with Crippen LogP contribution in [0.2, 0.25) is 5.02 Å². The summed E-state index contributed by atoms with van der Waals surface area (Å²) in [6.45, 7) is 2.69. The van der Waals surface area contributed by atoms with Crippen molar-refractivity contribution in [3.8, 4) is 5.75 Å². The summed E-state index contributed by atoms with van der Waals surface area (Å²) in [5.41, 5.74) is 1.05. The first kappa shape index (κ1) is 16.3. The highest BCUT2D eigenvalue weighted by atomic mass is 35.5. The SMILES string of the molecule is CCN(Cc1ccccc1Cl)C(=O)c1cc(F)ccc1OC. The molecule has 0 saturated heterocycles. The van der Waals surface area contributed by atoms with Gasteiger partial charge in [0.15, 0.2) is 0 Å². The molecule has 3 nitrogen and oxygen atoms in total. The lowest BCUT2D eigenvalue weighted by Crippen LogP contribution is -2.30. The van der Waals surface area contributed by atoms with Crippen LogP contribution in [0.25, 0.3) is 0 Å². The molecule has 0 aromatic heterocycles. The number of halogens is 2. The van der Waals surface area contributed by atoms with Crippen molar-refractivity contribution in [3.05, 3.63) is 64.4 Å². The molecule has 0 aliphatic heterocycles. The number of hydrogen-bond donors (Lipinski definition) is 0. The molecular formula is C17H17ClFNO2. The lowest BCUT2D eigenvalue weighted by atomic mass is 10.1. The molecule has 5 heteroatoms. The van der Waals surface area contributed by atoms with E-state index in [1.165, 1.54) is 25.3 Å². The fourth-order valence-electron chi connectivity index (χ4n) is 2.18. The molecule has 0 radical (unpaired) electrons. The summed E-state index contributed by atoms with van der Waals surface area (Å²) < 4.78 is 18.6. The first-order valence-electron chi connectivity index (χ1n) is 6.93. The Morgan fingerprint density at radius 1 is 1.27 bits per heavy atom. The molecule has 2 rings (SSSR count). The van der Waals surface area contributed by atoms with E-state index in [4.69, 9.17) is 16.3 Å². The number of hydrogen-bond acceptors (Lipinski definition) is 2. The number of methoxy groups -OCH3 is 1.